The zero-order valence-corrected chi connectivity index (χ0v) is 16.7. The van der Waals surface area contributed by atoms with E-state index in [-0.39, 0.29) is 11.8 Å². The van der Waals surface area contributed by atoms with Crippen molar-refractivity contribution >= 4 is 21.6 Å². The van der Waals surface area contributed by atoms with E-state index in [4.69, 9.17) is 11.6 Å². The van der Waals surface area contributed by atoms with E-state index in [1.165, 1.54) is 0 Å². The molecule has 2 N–H and O–H groups in total. The van der Waals surface area contributed by atoms with Gasteiger partial charge in [-0.15, -0.1) is 0 Å². The van der Waals surface area contributed by atoms with E-state index in [1.54, 1.807) is 6.92 Å². The molecule has 0 spiro atoms. The fourth-order valence-corrected chi connectivity index (χ4v) is 5.34. The molecule has 1 saturated heterocycles. The number of nitrogens with zero attached hydrogens (tertiary/aromatic N) is 2. The molecule has 3 atom stereocenters. The molecule has 1 aromatic heterocycles. The zero-order chi connectivity index (χ0) is 18.0. The summed E-state index contributed by atoms with van der Waals surface area (Å²) in [5.41, 5.74) is 0.986. The van der Waals surface area contributed by atoms with Crippen molar-refractivity contribution in [3.8, 4) is 0 Å². The number of nitrogens with one attached hydrogen (secondary N) is 2. The first kappa shape index (κ1) is 19.1. The number of aromatic amines is 1. The molecule has 0 amide bonds. The van der Waals surface area contributed by atoms with E-state index in [2.05, 4.69) is 26.5 Å². The normalized spacial score (nSPS) is 27.1. The Morgan fingerprint density at radius 2 is 1.96 bits per heavy atom. The van der Waals surface area contributed by atoms with Gasteiger partial charge in [-0.1, -0.05) is 24.9 Å². The van der Waals surface area contributed by atoms with Gasteiger partial charge in [0.1, 0.15) is 5.82 Å². The van der Waals surface area contributed by atoms with Crippen LogP contribution in [0, 0.1) is 11.8 Å². The van der Waals surface area contributed by atoms with Crippen LogP contribution in [0.15, 0.2) is 0 Å². The maximum Gasteiger partial charge on any atom is 0.211 e. The number of sulfonamides is 1. The highest BCUT2D eigenvalue weighted by molar-refractivity contribution is 7.89. The molecule has 8 heteroatoms. The van der Waals surface area contributed by atoms with Crippen molar-refractivity contribution < 1.29 is 8.42 Å². The van der Waals surface area contributed by atoms with Crippen LogP contribution in [0.5, 0.6) is 0 Å². The Morgan fingerprint density at radius 1 is 1.28 bits per heavy atom. The number of imidazole rings is 1. The van der Waals surface area contributed by atoms with Crippen LogP contribution in [0.1, 0.15) is 51.0 Å². The number of aromatic nitrogens is 2. The number of piperidine rings is 1. The standard InChI is InChI=1S/C17H29ClN4O2S/c1-3-5-6-15-19-14(17(18)20-15)11-22-9-12-7-8-13(10-22)16(12)21-25(23,24)4-2/h12-13,16,21H,3-11H2,1-2H3,(H,19,20)/t12-,13+,16?. The van der Waals surface area contributed by atoms with Gasteiger partial charge in [0.15, 0.2) is 5.15 Å². The average molecular weight is 389 g/mol. The van der Waals surface area contributed by atoms with E-state index >= 15 is 0 Å². The summed E-state index contributed by atoms with van der Waals surface area (Å²) in [5, 5.41) is 0.576. The lowest BCUT2D eigenvalue weighted by Crippen LogP contribution is -2.52. The van der Waals surface area contributed by atoms with Crippen molar-refractivity contribution in [2.75, 3.05) is 18.8 Å². The molecule has 0 aromatic carbocycles. The lowest BCUT2D eigenvalue weighted by Gasteiger charge is -2.38. The lowest BCUT2D eigenvalue weighted by molar-refractivity contribution is 0.132. The lowest BCUT2D eigenvalue weighted by atomic mass is 9.93. The molecule has 2 fully saturated rings. The van der Waals surface area contributed by atoms with Gasteiger partial charge in [-0.2, -0.15) is 0 Å². The molecule has 2 heterocycles. The zero-order valence-electron chi connectivity index (χ0n) is 15.1. The molecule has 3 rings (SSSR count). The highest BCUT2D eigenvalue weighted by atomic mass is 35.5. The number of unbranched alkanes of at least 4 members (excludes halogenated alkanes) is 1. The second-order valence-electron chi connectivity index (χ2n) is 7.40. The number of H-pyrrole nitrogens is 1. The Kier molecular flexibility index (Phi) is 6.08. The molecule has 1 saturated carbocycles. The second kappa shape index (κ2) is 7.94. The van der Waals surface area contributed by atoms with Gasteiger partial charge >= 0.3 is 0 Å². The van der Waals surface area contributed by atoms with Crippen molar-refractivity contribution in [3.63, 3.8) is 0 Å². The monoisotopic (exact) mass is 388 g/mol. The van der Waals surface area contributed by atoms with Crippen LogP contribution in [-0.2, 0) is 23.0 Å². The molecule has 2 bridgehead atoms. The van der Waals surface area contributed by atoms with E-state index in [0.29, 0.717) is 17.0 Å². The molecule has 25 heavy (non-hydrogen) atoms. The van der Waals surface area contributed by atoms with E-state index < -0.39 is 10.0 Å². The first-order chi connectivity index (χ1) is 11.9. The molecular formula is C17H29ClN4O2S. The van der Waals surface area contributed by atoms with Crippen LogP contribution in [0.25, 0.3) is 0 Å². The number of hydrogen-bond donors (Lipinski definition) is 2. The number of halogens is 1. The van der Waals surface area contributed by atoms with E-state index in [0.717, 1.165) is 63.3 Å². The van der Waals surface area contributed by atoms with Crippen LogP contribution in [0.2, 0.25) is 5.15 Å². The van der Waals surface area contributed by atoms with Gasteiger partial charge in [0.2, 0.25) is 10.0 Å². The smallest absolute Gasteiger partial charge is 0.211 e. The van der Waals surface area contributed by atoms with Gasteiger partial charge in [-0.3, -0.25) is 4.90 Å². The first-order valence-corrected chi connectivity index (χ1v) is 11.4. The second-order valence-corrected chi connectivity index (χ2v) is 9.80. The largest absolute Gasteiger partial charge is 0.344 e. The van der Waals surface area contributed by atoms with Gasteiger partial charge in [-0.05, 0) is 38.0 Å². The van der Waals surface area contributed by atoms with Gasteiger partial charge in [-0.25, -0.2) is 18.1 Å². The molecule has 1 aliphatic carbocycles. The predicted molar refractivity (Wildman–Crippen MR) is 100 cm³/mol. The summed E-state index contributed by atoms with van der Waals surface area (Å²) in [6.45, 7) is 6.44. The van der Waals surface area contributed by atoms with Gasteiger partial charge in [0.05, 0.1) is 11.4 Å². The van der Waals surface area contributed by atoms with Gasteiger partial charge in [0.25, 0.3) is 0 Å². The minimum absolute atomic E-state index is 0.0959. The number of rotatable bonds is 8. The Morgan fingerprint density at radius 3 is 2.56 bits per heavy atom. The number of fused-ring (bicyclic) bond motifs is 2. The third-order valence-corrected chi connectivity index (χ3v) is 7.24. The van der Waals surface area contributed by atoms with Crippen LogP contribution in [-0.4, -0.2) is 48.2 Å². The fourth-order valence-electron chi connectivity index (χ4n) is 4.16. The first-order valence-electron chi connectivity index (χ1n) is 9.37. The maximum atomic E-state index is 11.9. The molecule has 6 nitrogen and oxygen atoms in total. The summed E-state index contributed by atoms with van der Waals surface area (Å²) in [4.78, 5) is 10.2. The van der Waals surface area contributed by atoms with Crippen LogP contribution < -0.4 is 4.72 Å². The van der Waals surface area contributed by atoms with Crippen molar-refractivity contribution in [2.24, 2.45) is 11.8 Å². The molecule has 1 aromatic rings. The van der Waals surface area contributed by atoms with Gasteiger partial charge < -0.3 is 4.98 Å². The average Bonchev–Trinajstić information content (AvgIpc) is 3.01. The number of likely N-dealkylation sites (tertiary alicyclic amines) is 1. The summed E-state index contributed by atoms with van der Waals surface area (Å²) >= 11 is 6.31. The summed E-state index contributed by atoms with van der Waals surface area (Å²) in [5.74, 6) is 1.90. The molecule has 1 unspecified atom stereocenters. The molecule has 142 valence electrons. The summed E-state index contributed by atoms with van der Waals surface area (Å²) in [6, 6.07) is 0.0959. The van der Waals surface area contributed by atoms with Crippen LogP contribution in [0.4, 0.5) is 0 Å². The Labute approximate surface area is 155 Å². The minimum atomic E-state index is -3.14. The maximum absolute atomic E-state index is 11.9. The van der Waals surface area contributed by atoms with Crippen molar-refractivity contribution in [2.45, 2.75) is 58.5 Å². The highest BCUT2D eigenvalue weighted by Gasteiger charge is 2.43. The third-order valence-electron chi connectivity index (χ3n) is 5.53. The topological polar surface area (TPSA) is 78.1 Å². The minimum Gasteiger partial charge on any atom is -0.344 e. The van der Waals surface area contributed by atoms with Crippen molar-refractivity contribution in [1.82, 2.24) is 19.6 Å². The Hall–Kier alpha value is -0.630. The molecule has 1 aliphatic heterocycles. The SMILES string of the molecule is CCCCc1nc(Cl)c(CN2C[C@H]3CC[C@@H](C2)C3NS(=O)(=O)CC)[nH]1. The van der Waals surface area contributed by atoms with Crippen LogP contribution >= 0.6 is 11.6 Å². The van der Waals surface area contributed by atoms with Crippen LogP contribution in [0.3, 0.4) is 0 Å². The Bertz CT molecular complexity index is 677. The fraction of sp³-hybridized carbons (Fsp3) is 0.824. The van der Waals surface area contributed by atoms with Crippen molar-refractivity contribution in [1.29, 1.82) is 0 Å². The predicted octanol–water partition coefficient (Wildman–Crippen LogP) is 2.56. The summed E-state index contributed by atoms with van der Waals surface area (Å²) < 4.78 is 26.8. The summed E-state index contributed by atoms with van der Waals surface area (Å²) in [6.07, 6.45) is 5.37. The third kappa shape index (κ3) is 4.56. The quantitative estimate of drug-likeness (QED) is 0.717. The number of hydrogen-bond acceptors (Lipinski definition) is 4. The molecular weight excluding hydrogens is 360 g/mol. The van der Waals surface area contributed by atoms with E-state index in [9.17, 15) is 8.42 Å². The van der Waals surface area contributed by atoms with E-state index in [1.807, 2.05) is 0 Å². The summed E-state index contributed by atoms with van der Waals surface area (Å²) in [7, 11) is -3.14. The number of aryl methyl sites for hydroxylation is 1. The highest BCUT2D eigenvalue weighted by Crippen LogP contribution is 2.38. The molecule has 2 aliphatic rings. The van der Waals surface area contributed by atoms with Gasteiger partial charge in [0, 0.05) is 32.1 Å². The molecule has 0 radical (unpaired) electrons. The Balaban J connectivity index is 1.61. The van der Waals surface area contributed by atoms with Crippen molar-refractivity contribution in [3.05, 3.63) is 16.7 Å².